The summed E-state index contributed by atoms with van der Waals surface area (Å²) in [4.78, 5) is 10.8. The molecule has 5 heteroatoms. The van der Waals surface area contributed by atoms with Crippen molar-refractivity contribution in [3.8, 4) is 11.5 Å². The van der Waals surface area contributed by atoms with Gasteiger partial charge >= 0.3 is 5.97 Å². The Morgan fingerprint density at radius 2 is 1.84 bits per heavy atom. The molecule has 1 aromatic carbocycles. The molecule has 106 valence electrons. The molecular weight excluding hydrogens is 246 g/mol. The predicted molar refractivity (Wildman–Crippen MR) is 73.0 cm³/mol. The van der Waals surface area contributed by atoms with Gasteiger partial charge in [0.2, 0.25) is 0 Å². The first-order valence-electron chi connectivity index (χ1n) is 6.13. The zero-order chi connectivity index (χ0) is 14.6. The Morgan fingerprint density at radius 3 is 2.26 bits per heavy atom. The van der Waals surface area contributed by atoms with Crippen molar-refractivity contribution >= 4 is 5.97 Å². The van der Waals surface area contributed by atoms with Crippen LogP contribution in [0.5, 0.6) is 11.5 Å². The van der Waals surface area contributed by atoms with E-state index in [1.54, 1.807) is 20.3 Å². The average Bonchev–Trinajstić information content (AvgIpc) is 2.37. The van der Waals surface area contributed by atoms with E-state index < -0.39 is 12.0 Å². The van der Waals surface area contributed by atoms with Crippen LogP contribution in [-0.2, 0) is 11.2 Å². The maximum atomic E-state index is 10.8. The normalized spacial score (nSPS) is 12.3. The van der Waals surface area contributed by atoms with Crippen LogP contribution in [0.25, 0.3) is 0 Å². The Bertz CT molecular complexity index is 457. The summed E-state index contributed by atoms with van der Waals surface area (Å²) in [6.45, 7) is 4.11. The van der Waals surface area contributed by atoms with Gasteiger partial charge in [-0.2, -0.15) is 0 Å². The lowest BCUT2D eigenvalue weighted by Crippen LogP contribution is -2.32. The number of hydrogen-bond acceptors (Lipinski definition) is 4. The van der Waals surface area contributed by atoms with Gasteiger partial charge in [-0.25, -0.2) is 0 Å². The fraction of sp³-hybridized carbons (Fsp3) is 0.500. The highest BCUT2D eigenvalue weighted by atomic mass is 16.5. The van der Waals surface area contributed by atoms with Gasteiger partial charge in [0, 0.05) is 12.0 Å². The molecule has 0 spiro atoms. The second-order valence-corrected chi connectivity index (χ2v) is 4.71. The minimum atomic E-state index is -1.03. The number of benzene rings is 1. The van der Waals surface area contributed by atoms with E-state index >= 15 is 0 Å². The molecule has 1 aromatic rings. The van der Waals surface area contributed by atoms with Crippen molar-refractivity contribution in [3.05, 3.63) is 23.3 Å². The van der Waals surface area contributed by atoms with Crippen LogP contribution >= 0.6 is 0 Å². The Labute approximate surface area is 113 Å². The number of rotatable bonds is 6. The molecule has 0 aliphatic rings. The van der Waals surface area contributed by atoms with Gasteiger partial charge < -0.3 is 20.3 Å². The molecule has 0 saturated heterocycles. The zero-order valence-electron chi connectivity index (χ0n) is 11.8. The Morgan fingerprint density at radius 1 is 1.26 bits per heavy atom. The highest BCUT2D eigenvalue weighted by molar-refractivity contribution is 5.73. The van der Waals surface area contributed by atoms with Crippen LogP contribution < -0.4 is 15.2 Å². The molecule has 0 aliphatic carbocycles. The van der Waals surface area contributed by atoms with E-state index in [1.165, 1.54) is 0 Å². The number of carboxylic acids is 1. The van der Waals surface area contributed by atoms with Crippen LogP contribution in [0.3, 0.4) is 0 Å². The first kappa shape index (κ1) is 15.3. The van der Waals surface area contributed by atoms with Crippen LogP contribution in [0, 0.1) is 0 Å². The van der Waals surface area contributed by atoms with E-state index in [-0.39, 0.29) is 12.3 Å². The molecule has 5 nitrogen and oxygen atoms in total. The molecule has 0 fully saturated rings. The summed E-state index contributed by atoms with van der Waals surface area (Å²) in [5.74, 6) is 0.615. The van der Waals surface area contributed by atoms with Gasteiger partial charge in [-0.3, -0.25) is 4.79 Å². The molecule has 0 amide bonds. The third kappa shape index (κ3) is 3.61. The SMILES string of the molecule is COc1cc(C(C)C)c(OC)cc1CC(N)C(=O)O. The van der Waals surface area contributed by atoms with E-state index in [0.717, 1.165) is 16.9 Å². The minimum absolute atomic E-state index is 0.202. The lowest BCUT2D eigenvalue weighted by atomic mass is 9.97. The van der Waals surface area contributed by atoms with E-state index in [1.807, 2.05) is 6.07 Å². The number of ether oxygens (including phenoxy) is 2. The molecular formula is C14H21NO4. The maximum Gasteiger partial charge on any atom is 0.320 e. The Kier molecular flexibility index (Phi) is 5.18. The number of methoxy groups -OCH3 is 2. The van der Waals surface area contributed by atoms with Crippen molar-refractivity contribution in [2.45, 2.75) is 32.2 Å². The van der Waals surface area contributed by atoms with Gasteiger partial charge in [-0.15, -0.1) is 0 Å². The molecule has 1 unspecified atom stereocenters. The number of hydrogen-bond donors (Lipinski definition) is 2. The molecule has 1 rings (SSSR count). The molecule has 19 heavy (non-hydrogen) atoms. The fourth-order valence-corrected chi connectivity index (χ4v) is 1.92. The molecule has 3 N–H and O–H groups in total. The molecule has 0 radical (unpaired) electrons. The largest absolute Gasteiger partial charge is 0.496 e. The average molecular weight is 267 g/mol. The van der Waals surface area contributed by atoms with Gasteiger partial charge in [0.15, 0.2) is 0 Å². The number of aliphatic carboxylic acids is 1. The lowest BCUT2D eigenvalue weighted by Gasteiger charge is -2.17. The van der Waals surface area contributed by atoms with Gasteiger partial charge in [0.25, 0.3) is 0 Å². The summed E-state index contributed by atoms with van der Waals surface area (Å²) in [7, 11) is 3.15. The number of carbonyl (C=O) groups is 1. The summed E-state index contributed by atoms with van der Waals surface area (Å²) < 4.78 is 10.7. The van der Waals surface area contributed by atoms with Crippen molar-refractivity contribution in [2.75, 3.05) is 14.2 Å². The van der Waals surface area contributed by atoms with Gasteiger partial charge in [0.05, 0.1) is 14.2 Å². The van der Waals surface area contributed by atoms with Gasteiger partial charge in [-0.05, 0) is 23.6 Å². The third-order valence-corrected chi connectivity index (χ3v) is 3.01. The first-order valence-corrected chi connectivity index (χ1v) is 6.13. The minimum Gasteiger partial charge on any atom is -0.496 e. The molecule has 0 heterocycles. The van der Waals surface area contributed by atoms with E-state index in [4.69, 9.17) is 20.3 Å². The fourth-order valence-electron chi connectivity index (χ4n) is 1.92. The van der Waals surface area contributed by atoms with Gasteiger partial charge in [0.1, 0.15) is 17.5 Å². The summed E-state index contributed by atoms with van der Waals surface area (Å²) in [5, 5.41) is 8.88. The molecule has 0 aromatic heterocycles. The maximum absolute atomic E-state index is 10.8. The van der Waals surface area contributed by atoms with E-state index in [9.17, 15) is 4.79 Å². The van der Waals surface area contributed by atoms with Crippen LogP contribution in [-0.4, -0.2) is 31.3 Å². The van der Waals surface area contributed by atoms with Gasteiger partial charge in [-0.1, -0.05) is 13.8 Å². The van der Waals surface area contributed by atoms with Crippen LogP contribution in [0.15, 0.2) is 12.1 Å². The topological polar surface area (TPSA) is 81.8 Å². The van der Waals surface area contributed by atoms with Crippen molar-refractivity contribution in [2.24, 2.45) is 5.73 Å². The molecule has 0 saturated carbocycles. The smallest absolute Gasteiger partial charge is 0.320 e. The number of carboxylic acid groups (broad SMARTS) is 1. The van der Waals surface area contributed by atoms with Crippen molar-refractivity contribution < 1.29 is 19.4 Å². The summed E-state index contributed by atoms with van der Waals surface area (Å²) in [6, 6.07) is 2.73. The zero-order valence-corrected chi connectivity index (χ0v) is 11.8. The second-order valence-electron chi connectivity index (χ2n) is 4.71. The number of nitrogens with two attached hydrogens (primary N) is 1. The standard InChI is InChI=1S/C14H21NO4/c1-8(2)10-7-12(18-3)9(6-13(10)19-4)5-11(15)14(16)17/h6-8,11H,5,15H2,1-4H3,(H,16,17). The van der Waals surface area contributed by atoms with E-state index in [0.29, 0.717) is 5.75 Å². The molecule has 0 aliphatic heterocycles. The quantitative estimate of drug-likeness (QED) is 0.821. The highest BCUT2D eigenvalue weighted by Gasteiger charge is 2.18. The monoisotopic (exact) mass is 267 g/mol. The second kappa shape index (κ2) is 6.43. The summed E-state index contributed by atoms with van der Waals surface area (Å²) in [6.07, 6.45) is 0.202. The molecule has 1 atom stereocenters. The summed E-state index contributed by atoms with van der Waals surface area (Å²) in [5.41, 5.74) is 7.32. The highest BCUT2D eigenvalue weighted by Crippen LogP contribution is 2.34. The Balaban J connectivity index is 3.20. The van der Waals surface area contributed by atoms with Crippen molar-refractivity contribution in [1.82, 2.24) is 0 Å². The lowest BCUT2D eigenvalue weighted by molar-refractivity contribution is -0.138. The van der Waals surface area contributed by atoms with Crippen LogP contribution in [0.4, 0.5) is 0 Å². The van der Waals surface area contributed by atoms with Crippen molar-refractivity contribution in [1.29, 1.82) is 0 Å². The van der Waals surface area contributed by atoms with E-state index in [2.05, 4.69) is 13.8 Å². The van der Waals surface area contributed by atoms with Crippen molar-refractivity contribution in [3.63, 3.8) is 0 Å². The predicted octanol–water partition coefficient (Wildman–Crippen LogP) is 1.78. The summed E-state index contributed by atoms with van der Waals surface area (Å²) >= 11 is 0. The Hall–Kier alpha value is -1.75. The van der Waals surface area contributed by atoms with Crippen LogP contribution in [0.1, 0.15) is 30.9 Å². The first-order chi connectivity index (χ1) is 8.90. The van der Waals surface area contributed by atoms with Crippen LogP contribution in [0.2, 0.25) is 0 Å². The third-order valence-electron chi connectivity index (χ3n) is 3.01. The molecule has 0 bridgehead atoms.